The molecule has 5 N–H and O–H groups in total. The van der Waals surface area contributed by atoms with E-state index in [4.69, 9.17) is 10.9 Å². The summed E-state index contributed by atoms with van der Waals surface area (Å²) in [6, 6.07) is 0. The molecule has 6 heteroatoms. The highest BCUT2D eigenvalue weighted by molar-refractivity contribution is 5.58. The van der Waals surface area contributed by atoms with E-state index in [1.54, 1.807) is 0 Å². The Bertz CT molecular complexity index is 406. The second kappa shape index (κ2) is 6.68. The highest BCUT2D eigenvalue weighted by atomic mass is 16.3. The number of aromatic nitrogens is 2. The van der Waals surface area contributed by atoms with Crippen LogP contribution in [0.5, 0.6) is 0 Å². The average molecular weight is 267 g/mol. The molecule has 1 aromatic heterocycles. The first-order chi connectivity index (χ1) is 8.91. The topological polar surface area (TPSA) is 96.1 Å². The van der Waals surface area contributed by atoms with Crippen LogP contribution in [0.25, 0.3) is 0 Å². The molecule has 0 aliphatic heterocycles. The zero-order chi connectivity index (χ0) is 14.5. The molecular formula is C13H25N5O. The molecule has 0 spiro atoms. The molecule has 0 aliphatic rings. The third-order valence-corrected chi connectivity index (χ3v) is 3.12. The second-order valence-electron chi connectivity index (χ2n) is 5.77. The maximum Gasteiger partial charge on any atom is 0.148 e. The molecule has 108 valence electrons. The molecule has 6 nitrogen and oxygen atoms in total. The Labute approximate surface area is 114 Å². The maximum atomic E-state index is 9.04. The predicted octanol–water partition coefficient (Wildman–Crippen LogP) is 1.71. The Balaban J connectivity index is 2.89. The van der Waals surface area contributed by atoms with E-state index < -0.39 is 0 Å². The van der Waals surface area contributed by atoms with Crippen molar-refractivity contribution in [3.63, 3.8) is 0 Å². The molecule has 1 aromatic rings. The van der Waals surface area contributed by atoms with Gasteiger partial charge in [0.1, 0.15) is 18.0 Å². The van der Waals surface area contributed by atoms with Crippen molar-refractivity contribution in [1.29, 1.82) is 0 Å². The lowest BCUT2D eigenvalue weighted by atomic mass is 9.89. The number of nitrogens with zero attached hydrogens (tertiary/aromatic N) is 2. The highest BCUT2D eigenvalue weighted by Crippen LogP contribution is 2.29. The number of hydrogen-bond acceptors (Lipinski definition) is 6. The van der Waals surface area contributed by atoms with Crippen molar-refractivity contribution in [2.75, 3.05) is 23.9 Å². The minimum Gasteiger partial charge on any atom is -0.396 e. The number of nitrogens with one attached hydrogen (secondary N) is 2. The van der Waals surface area contributed by atoms with Gasteiger partial charge in [-0.15, -0.1) is 0 Å². The fraction of sp³-hybridized carbons (Fsp3) is 0.692. The first-order valence-electron chi connectivity index (χ1n) is 6.57. The van der Waals surface area contributed by atoms with Crippen LogP contribution in [-0.4, -0.2) is 28.2 Å². The van der Waals surface area contributed by atoms with Crippen molar-refractivity contribution < 1.29 is 5.11 Å². The van der Waals surface area contributed by atoms with Crippen molar-refractivity contribution in [3.8, 4) is 0 Å². The molecule has 1 heterocycles. The number of aliphatic hydroxyl groups excluding tert-OH is 1. The fourth-order valence-corrected chi connectivity index (χ4v) is 1.91. The van der Waals surface area contributed by atoms with E-state index in [1.807, 2.05) is 0 Å². The van der Waals surface area contributed by atoms with Crippen LogP contribution in [-0.2, 0) is 0 Å². The summed E-state index contributed by atoms with van der Waals surface area (Å²) in [5.41, 5.74) is 3.59. The summed E-state index contributed by atoms with van der Waals surface area (Å²) in [7, 11) is 0. The molecule has 0 radical (unpaired) electrons. The van der Waals surface area contributed by atoms with Gasteiger partial charge in [0.25, 0.3) is 0 Å². The molecule has 19 heavy (non-hydrogen) atoms. The van der Waals surface area contributed by atoms with Gasteiger partial charge in [0.15, 0.2) is 0 Å². The van der Waals surface area contributed by atoms with Gasteiger partial charge in [0.05, 0.1) is 0 Å². The Kier molecular flexibility index (Phi) is 5.50. The van der Waals surface area contributed by atoms with Crippen molar-refractivity contribution in [3.05, 3.63) is 11.9 Å². The van der Waals surface area contributed by atoms with Crippen LogP contribution in [0.15, 0.2) is 6.33 Å². The summed E-state index contributed by atoms with van der Waals surface area (Å²) in [5.74, 6) is 7.19. The first kappa shape index (κ1) is 15.7. The van der Waals surface area contributed by atoms with Crippen LogP contribution in [0.4, 0.5) is 11.6 Å². The molecule has 0 fully saturated rings. The van der Waals surface area contributed by atoms with Gasteiger partial charge in [-0.2, -0.15) is 0 Å². The number of nitrogen functional groups attached to an aromatic ring is 1. The average Bonchev–Trinajstić information content (AvgIpc) is 2.35. The normalized spacial score (nSPS) is 11.7. The van der Waals surface area contributed by atoms with Crippen LogP contribution in [0.1, 0.15) is 45.6 Å². The Morgan fingerprint density at radius 2 is 1.95 bits per heavy atom. The Hall–Kier alpha value is -1.40. The molecule has 0 aromatic carbocycles. The third kappa shape index (κ3) is 4.33. The number of anilines is 2. The summed E-state index contributed by atoms with van der Waals surface area (Å²) < 4.78 is 0. The standard InChI is InChI=1S/C13H25N5O/c1-9(2)10-11(16-8-17-12(10)18-14)15-7-13(3,4)5-6-19/h8-9,19H,5-7,14H2,1-4H3,(H2,15,16,17,18). The van der Waals surface area contributed by atoms with Crippen LogP contribution >= 0.6 is 0 Å². The number of aliphatic hydroxyl groups is 1. The van der Waals surface area contributed by atoms with E-state index in [0.717, 1.165) is 24.3 Å². The van der Waals surface area contributed by atoms with Gasteiger partial charge in [-0.3, -0.25) is 0 Å². The summed E-state index contributed by atoms with van der Waals surface area (Å²) in [6.45, 7) is 9.27. The number of hydrazine groups is 1. The SMILES string of the molecule is CC(C)c1c(NN)ncnc1NCC(C)(C)CCO. The largest absolute Gasteiger partial charge is 0.396 e. The molecular weight excluding hydrogens is 242 g/mol. The lowest BCUT2D eigenvalue weighted by Gasteiger charge is -2.25. The summed E-state index contributed by atoms with van der Waals surface area (Å²) >= 11 is 0. The Morgan fingerprint density at radius 1 is 1.32 bits per heavy atom. The van der Waals surface area contributed by atoms with E-state index in [2.05, 4.69) is 48.4 Å². The van der Waals surface area contributed by atoms with E-state index >= 15 is 0 Å². The van der Waals surface area contributed by atoms with E-state index in [-0.39, 0.29) is 17.9 Å². The molecule has 0 aliphatic carbocycles. The minimum absolute atomic E-state index is 0.00422. The first-order valence-corrected chi connectivity index (χ1v) is 6.57. The van der Waals surface area contributed by atoms with Gasteiger partial charge >= 0.3 is 0 Å². The van der Waals surface area contributed by atoms with Crippen molar-refractivity contribution in [2.45, 2.75) is 40.0 Å². The molecule has 0 amide bonds. The van der Waals surface area contributed by atoms with Gasteiger partial charge in [-0.1, -0.05) is 27.7 Å². The van der Waals surface area contributed by atoms with Crippen molar-refractivity contribution >= 4 is 11.6 Å². The van der Waals surface area contributed by atoms with E-state index in [0.29, 0.717) is 5.82 Å². The number of nitrogens with two attached hydrogens (primary N) is 1. The van der Waals surface area contributed by atoms with E-state index in [9.17, 15) is 0 Å². The second-order valence-corrected chi connectivity index (χ2v) is 5.77. The van der Waals surface area contributed by atoms with Crippen LogP contribution in [0.3, 0.4) is 0 Å². The van der Waals surface area contributed by atoms with Gasteiger partial charge in [0, 0.05) is 18.7 Å². The quantitative estimate of drug-likeness (QED) is 0.443. The monoisotopic (exact) mass is 267 g/mol. The molecule has 0 atom stereocenters. The van der Waals surface area contributed by atoms with Crippen molar-refractivity contribution in [2.24, 2.45) is 11.3 Å². The molecule has 0 unspecified atom stereocenters. The highest BCUT2D eigenvalue weighted by Gasteiger charge is 2.19. The lowest BCUT2D eigenvalue weighted by molar-refractivity contribution is 0.220. The molecule has 1 rings (SSSR count). The number of rotatable bonds is 7. The molecule has 0 saturated heterocycles. The maximum absolute atomic E-state index is 9.04. The summed E-state index contributed by atoms with van der Waals surface area (Å²) in [6.07, 6.45) is 2.23. The summed E-state index contributed by atoms with van der Waals surface area (Å²) in [4.78, 5) is 8.42. The fourth-order valence-electron chi connectivity index (χ4n) is 1.91. The van der Waals surface area contributed by atoms with Crippen LogP contribution in [0.2, 0.25) is 0 Å². The zero-order valence-corrected chi connectivity index (χ0v) is 12.2. The zero-order valence-electron chi connectivity index (χ0n) is 12.2. The van der Waals surface area contributed by atoms with E-state index in [1.165, 1.54) is 6.33 Å². The predicted molar refractivity (Wildman–Crippen MR) is 77.9 cm³/mol. The minimum atomic E-state index is 0.00422. The summed E-state index contributed by atoms with van der Waals surface area (Å²) in [5, 5.41) is 12.4. The smallest absolute Gasteiger partial charge is 0.148 e. The Morgan fingerprint density at radius 3 is 2.47 bits per heavy atom. The lowest BCUT2D eigenvalue weighted by Crippen LogP contribution is -2.25. The van der Waals surface area contributed by atoms with Gasteiger partial charge in [0.2, 0.25) is 0 Å². The van der Waals surface area contributed by atoms with Gasteiger partial charge < -0.3 is 15.8 Å². The molecule has 0 bridgehead atoms. The van der Waals surface area contributed by atoms with Crippen LogP contribution < -0.4 is 16.6 Å². The van der Waals surface area contributed by atoms with Crippen LogP contribution in [0, 0.1) is 5.41 Å². The third-order valence-electron chi connectivity index (χ3n) is 3.12. The molecule has 0 saturated carbocycles. The van der Waals surface area contributed by atoms with Gasteiger partial charge in [-0.25, -0.2) is 15.8 Å². The van der Waals surface area contributed by atoms with Crippen molar-refractivity contribution in [1.82, 2.24) is 9.97 Å². The number of hydrogen-bond donors (Lipinski definition) is 4. The van der Waals surface area contributed by atoms with Gasteiger partial charge in [-0.05, 0) is 17.8 Å².